The molecule has 3 nitrogen and oxygen atoms in total. The van der Waals surface area contributed by atoms with Gasteiger partial charge in [-0.25, -0.2) is 14.4 Å². The number of nitrogens with one attached hydrogen (secondary N) is 1. The van der Waals surface area contributed by atoms with E-state index in [2.05, 4.69) is 15.3 Å². The highest BCUT2D eigenvalue weighted by atomic mass is 35.5. The van der Waals surface area contributed by atoms with E-state index in [-0.39, 0.29) is 5.82 Å². The van der Waals surface area contributed by atoms with E-state index in [4.69, 9.17) is 11.6 Å². The number of anilines is 1. The van der Waals surface area contributed by atoms with Gasteiger partial charge in [-0.05, 0) is 31.0 Å². The van der Waals surface area contributed by atoms with Gasteiger partial charge in [0.25, 0.3) is 0 Å². The average Bonchev–Trinajstić information content (AvgIpc) is 3.22. The number of aromatic nitrogens is 2. The van der Waals surface area contributed by atoms with Gasteiger partial charge in [-0.2, -0.15) is 0 Å². The largest absolute Gasteiger partial charge is 0.373 e. The molecular weight excluding hydrogens is 265 g/mol. The second kappa shape index (κ2) is 4.78. The Bertz CT molecular complexity index is 626. The van der Waals surface area contributed by atoms with Gasteiger partial charge in [0.05, 0.1) is 5.69 Å². The zero-order valence-corrected chi connectivity index (χ0v) is 11.2. The predicted molar refractivity (Wildman–Crippen MR) is 74.0 cm³/mol. The molecule has 1 aromatic heterocycles. The number of rotatable bonds is 3. The molecule has 0 amide bonds. The third kappa shape index (κ3) is 2.54. The summed E-state index contributed by atoms with van der Waals surface area (Å²) in [6, 6.07) is 6.36. The maximum absolute atomic E-state index is 14.0. The van der Waals surface area contributed by atoms with Crippen LogP contribution in [0.1, 0.15) is 24.6 Å². The Hall–Kier alpha value is -1.68. The van der Waals surface area contributed by atoms with Crippen molar-refractivity contribution in [3.05, 3.63) is 40.9 Å². The van der Waals surface area contributed by atoms with Crippen molar-refractivity contribution < 1.29 is 4.39 Å². The second-order valence-electron chi connectivity index (χ2n) is 4.65. The highest BCUT2D eigenvalue weighted by Gasteiger charge is 2.27. The van der Waals surface area contributed by atoms with Crippen LogP contribution in [0.15, 0.2) is 24.3 Å². The molecule has 19 heavy (non-hydrogen) atoms. The van der Waals surface area contributed by atoms with Gasteiger partial charge in [0.15, 0.2) is 0 Å². The first-order valence-corrected chi connectivity index (χ1v) is 6.57. The van der Waals surface area contributed by atoms with Crippen LogP contribution < -0.4 is 5.32 Å². The summed E-state index contributed by atoms with van der Waals surface area (Å²) in [5.41, 5.74) is 1.04. The smallest absolute Gasteiger partial charge is 0.134 e. The summed E-state index contributed by atoms with van der Waals surface area (Å²) in [7, 11) is 1.79. The molecule has 1 heterocycles. The van der Waals surface area contributed by atoms with Crippen LogP contribution in [0.25, 0.3) is 11.3 Å². The van der Waals surface area contributed by atoms with Crippen LogP contribution in [0.4, 0.5) is 10.2 Å². The van der Waals surface area contributed by atoms with Gasteiger partial charge in [0.2, 0.25) is 0 Å². The zero-order valence-electron chi connectivity index (χ0n) is 10.5. The van der Waals surface area contributed by atoms with E-state index in [1.54, 1.807) is 25.2 Å². The standard InChI is InChI=1S/C14H13ClFN3/c1-17-13-7-12(18-14(19-13)8-2-3-8)10-5-4-9(15)6-11(10)16/h4-8H,2-3H2,1H3,(H,17,18,19). The summed E-state index contributed by atoms with van der Waals surface area (Å²) in [5, 5.41) is 3.37. The number of halogens is 2. The minimum Gasteiger partial charge on any atom is -0.373 e. The summed E-state index contributed by atoms with van der Waals surface area (Å²) in [5.74, 6) is 1.55. The minimum absolute atomic E-state index is 0.366. The quantitative estimate of drug-likeness (QED) is 0.926. The van der Waals surface area contributed by atoms with E-state index in [1.807, 2.05) is 0 Å². The maximum atomic E-state index is 14.0. The number of hydrogen-bond donors (Lipinski definition) is 1. The van der Waals surface area contributed by atoms with Crippen LogP contribution in [0.5, 0.6) is 0 Å². The lowest BCUT2D eigenvalue weighted by atomic mass is 10.1. The molecule has 1 aliphatic rings. The van der Waals surface area contributed by atoms with E-state index < -0.39 is 0 Å². The molecule has 3 rings (SSSR count). The van der Waals surface area contributed by atoms with Gasteiger partial charge in [0.1, 0.15) is 17.5 Å². The van der Waals surface area contributed by atoms with Crippen molar-refractivity contribution in [2.75, 3.05) is 12.4 Å². The van der Waals surface area contributed by atoms with Gasteiger partial charge in [-0.15, -0.1) is 0 Å². The third-order valence-electron chi connectivity index (χ3n) is 3.15. The van der Waals surface area contributed by atoms with Crippen molar-refractivity contribution in [3.8, 4) is 11.3 Å². The number of nitrogens with zero attached hydrogens (tertiary/aromatic N) is 2. The molecule has 1 aromatic carbocycles. The summed E-state index contributed by atoms with van der Waals surface area (Å²) in [4.78, 5) is 8.89. The van der Waals surface area contributed by atoms with Crippen LogP contribution in [-0.2, 0) is 0 Å². The number of benzene rings is 1. The van der Waals surface area contributed by atoms with Gasteiger partial charge in [0, 0.05) is 29.6 Å². The first-order valence-electron chi connectivity index (χ1n) is 6.19. The molecule has 1 saturated carbocycles. The summed E-state index contributed by atoms with van der Waals surface area (Å²) in [6.45, 7) is 0. The third-order valence-corrected chi connectivity index (χ3v) is 3.38. The molecule has 0 saturated heterocycles. The van der Waals surface area contributed by atoms with Gasteiger partial charge in [-0.3, -0.25) is 0 Å². The van der Waals surface area contributed by atoms with Crippen molar-refractivity contribution in [1.29, 1.82) is 0 Å². The fraction of sp³-hybridized carbons (Fsp3) is 0.286. The van der Waals surface area contributed by atoms with Crippen molar-refractivity contribution in [2.24, 2.45) is 0 Å². The Morgan fingerprint density at radius 2 is 2.05 bits per heavy atom. The fourth-order valence-electron chi connectivity index (χ4n) is 1.95. The second-order valence-corrected chi connectivity index (χ2v) is 5.08. The molecule has 0 unspecified atom stereocenters. The predicted octanol–water partition coefficient (Wildman–Crippen LogP) is 3.86. The van der Waals surface area contributed by atoms with E-state index >= 15 is 0 Å². The van der Waals surface area contributed by atoms with Crippen LogP contribution >= 0.6 is 11.6 Å². The highest BCUT2D eigenvalue weighted by Crippen LogP contribution is 2.39. The zero-order chi connectivity index (χ0) is 13.4. The molecule has 0 atom stereocenters. The summed E-state index contributed by atoms with van der Waals surface area (Å²) < 4.78 is 14.0. The Morgan fingerprint density at radius 1 is 1.26 bits per heavy atom. The first kappa shape index (κ1) is 12.4. The fourth-order valence-corrected chi connectivity index (χ4v) is 2.11. The monoisotopic (exact) mass is 277 g/mol. The van der Waals surface area contributed by atoms with Crippen molar-refractivity contribution >= 4 is 17.4 Å². The SMILES string of the molecule is CNc1cc(-c2ccc(Cl)cc2F)nc(C2CC2)n1. The lowest BCUT2D eigenvalue weighted by Gasteiger charge is -2.08. The van der Waals surface area contributed by atoms with Gasteiger partial charge >= 0.3 is 0 Å². The molecule has 1 aliphatic carbocycles. The van der Waals surface area contributed by atoms with Crippen LogP contribution in [-0.4, -0.2) is 17.0 Å². The lowest BCUT2D eigenvalue weighted by molar-refractivity contribution is 0.630. The van der Waals surface area contributed by atoms with Crippen LogP contribution in [0, 0.1) is 5.82 Å². The molecule has 98 valence electrons. The normalized spacial score (nSPS) is 14.5. The van der Waals surface area contributed by atoms with Crippen molar-refractivity contribution in [3.63, 3.8) is 0 Å². The average molecular weight is 278 g/mol. The minimum atomic E-state index is -0.366. The molecule has 0 bridgehead atoms. The van der Waals surface area contributed by atoms with Crippen molar-refractivity contribution in [2.45, 2.75) is 18.8 Å². The molecule has 5 heteroatoms. The lowest BCUT2D eigenvalue weighted by Crippen LogP contribution is -2.01. The van der Waals surface area contributed by atoms with E-state index in [1.165, 1.54) is 6.07 Å². The molecule has 1 fully saturated rings. The van der Waals surface area contributed by atoms with Crippen LogP contribution in [0.3, 0.4) is 0 Å². The Morgan fingerprint density at radius 3 is 2.68 bits per heavy atom. The Balaban J connectivity index is 2.10. The Kier molecular flexibility index (Phi) is 3.11. The van der Waals surface area contributed by atoms with E-state index in [0.717, 1.165) is 18.7 Å². The first-order chi connectivity index (χ1) is 9.17. The molecule has 0 aliphatic heterocycles. The van der Waals surface area contributed by atoms with Crippen LogP contribution in [0.2, 0.25) is 5.02 Å². The molecule has 0 spiro atoms. The molecular formula is C14H13ClFN3. The molecule has 2 aromatic rings. The summed E-state index contributed by atoms with van der Waals surface area (Å²) in [6.07, 6.45) is 2.21. The van der Waals surface area contributed by atoms with E-state index in [0.29, 0.717) is 28.0 Å². The highest BCUT2D eigenvalue weighted by molar-refractivity contribution is 6.30. The Labute approximate surface area is 115 Å². The number of hydrogen-bond acceptors (Lipinski definition) is 3. The summed E-state index contributed by atoms with van der Waals surface area (Å²) >= 11 is 5.77. The van der Waals surface area contributed by atoms with Gasteiger partial charge < -0.3 is 5.32 Å². The molecule has 1 N–H and O–H groups in total. The van der Waals surface area contributed by atoms with E-state index in [9.17, 15) is 4.39 Å². The van der Waals surface area contributed by atoms with Gasteiger partial charge in [-0.1, -0.05) is 11.6 Å². The maximum Gasteiger partial charge on any atom is 0.134 e. The van der Waals surface area contributed by atoms with Crippen molar-refractivity contribution in [1.82, 2.24) is 9.97 Å². The molecule has 0 radical (unpaired) electrons. The topological polar surface area (TPSA) is 37.8 Å².